The van der Waals surface area contributed by atoms with Crippen LogP contribution in [0.3, 0.4) is 0 Å². The fraction of sp³-hybridized carbons (Fsp3) is 0.700. The Kier molecular flexibility index (Phi) is 39.7. The molecule has 1 spiro atoms. The first-order chi connectivity index (χ1) is 48.4. The summed E-state index contributed by atoms with van der Waals surface area (Å²) in [4.78, 5) is 113. The van der Waals surface area contributed by atoms with Gasteiger partial charge >= 0.3 is 18.1 Å². The molecule has 1 aromatic carbocycles. The number of carbonyl (C=O) groups is 9. The third-order valence-electron chi connectivity index (χ3n) is 17.2. The Morgan fingerprint density at radius 3 is 1.91 bits per heavy atom. The number of halogens is 1. The summed E-state index contributed by atoms with van der Waals surface area (Å²) in [5.74, 6) is -2.65. The van der Waals surface area contributed by atoms with Gasteiger partial charge < -0.3 is 105 Å². The van der Waals surface area contributed by atoms with E-state index in [0.29, 0.717) is 127 Å². The Labute approximate surface area is 606 Å². The second-order valence-electron chi connectivity index (χ2n) is 26.1. The second-order valence-corrected chi connectivity index (χ2v) is 26.8. The molecule has 31 heteroatoms. The van der Waals surface area contributed by atoms with Gasteiger partial charge in [0, 0.05) is 56.7 Å². The SMILES string of the molecule is CC(=O)O[C@@H](C)/C=C\C(=O)N[C@@H]1C[C@H](C)[C@H](C/C=C(C)/C=C/[C@H]2O[C@H](CC(=O)N[C@H]3CC[C@H](NC(=O)OCc4ccc(NC(=O)[C@H](CCCNC(N)=O)NC(=O)[C@@H](NC(=O)CCOCCOCCOCCOCCOCCOCCNC(=O)CI)C(C)C)cc4)CC3)C[C@@]3(CO3)[C@@H]2O)O[C@@H]1C. The van der Waals surface area contributed by atoms with Crippen molar-refractivity contribution in [3.05, 3.63) is 65.8 Å². The maximum absolute atomic E-state index is 13.7. The van der Waals surface area contributed by atoms with E-state index in [-0.39, 0.29) is 119 Å². The maximum atomic E-state index is 13.7. The van der Waals surface area contributed by atoms with Crippen LogP contribution in [0.4, 0.5) is 15.3 Å². The Morgan fingerprint density at radius 1 is 0.723 bits per heavy atom. The van der Waals surface area contributed by atoms with E-state index in [1.54, 1.807) is 45.0 Å². The van der Waals surface area contributed by atoms with Gasteiger partial charge in [0.1, 0.15) is 42.6 Å². The minimum Gasteiger partial charge on any atom is -0.459 e. The first-order valence-corrected chi connectivity index (χ1v) is 36.6. The molecule has 1 aliphatic carbocycles. The van der Waals surface area contributed by atoms with Crippen LogP contribution in [0.25, 0.3) is 0 Å². The summed E-state index contributed by atoms with van der Waals surface area (Å²) in [6, 6.07) is 3.39. The van der Waals surface area contributed by atoms with E-state index in [9.17, 15) is 48.3 Å². The lowest BCUT2D eigenvalue weighted by molar-refractivity contribution is -0.146. The number of anilines is 1. The summed E-state index contributed by atoms with van der Waals surface area (Å²) in [6.45, 7) is 17.6. The maximum Gasteiger partial charge on any atom is 0.407 e. The molecule has 0 aromatic heterocycles. The van der Waals surface area contributed by atoms with Crippen LogP contribution in [0.5, 0.6) is 0 Å². The molecule has 1 saturated carbocycles. The number of rotatable bonds is 46. The van der Waals surface area contributed by atoms with E-state index in [4.69, 9.17) is 57.8 Å². The van der Waals surface area contributed by atoms with Gasteiger partial charge in [0.2, 0.25) is 35.4 Å². The van der Waals surface area contributed by atoms with E-state index in [1.165, 1.54) is 19.1 Å². The molecular formula is C70H110IN9O21. The van der Waals surface area contributed by atoms with Crippen LogP contribution >= 0.6 is 22.6 Å². The van der Waals surface area contributed by atoms with Crippen molar-refractivity contribution in [3.63, 3.8) is 0 Å². The van der Waals surface area contributed by atoms with Crippen LogP contribution < -0.4 is 48.3 Å². The number of alkyl halides is 1. The molecule has 101 heavy (non-hydrogen) atoms. The van der Waals surface area contributed by atoms with Gasteiger partial charge in [0.05, 0.1) is 121 Å². The van der Waals surface area contributed by atoms with Crippen molar-refractivity contribution in [2.45, 2.75) is 198 Å². The number of hydrogen-bond donors (Lipinski definition) is 10. The topological polar surface area (TPSA) is 401 Å². The minimum atomic E-state index is -1.07. The summed E-state index contributed by atoms with van der Waals surface area (Å²) < 4.78 is 62.4. The monoisotopic (exact) mass is 1540 g/mol. The minimum absolute atomic E-state index is 0.0236. The van der Waals surface area contributed by atoms with E-state index in [1.807, 2.05) is 48.6 Å². The van der Waals surface area contributed by atoms with Crippen molar-refractivity contribution >= 4 is 81.8 Å². The Morgan fingerprint density at radius 2 is 1.33 bits per heavy atom. The number of nitrogens with two attached hydrogens (primary N) is 1. The number of primary amides is 1. The van der Waals surface area contributed by atoms with E-state index in [2.05, 4.69) is 55.5 Å². The number of aliphatic hydroxyl groups is 1. The molecule has 3 saturated heterocycles. The van der Waals surface area contributed by atoms with E-state index >= 15 is 0 Å². The number of ether oxygens (including phenoxy) is 11. The molecule has 0 radical (unpaired) electrons. The molecule has 0 bridgehead atoms. The van der Waals surface area contributed by atoms with Gasteiger partial charge in [-0.1, -0.05) is 79.3 Å². The molecular weight excluding hydrogens is 1430 g/mol. The number of allylic oxidation sites excluding steroid dienone is 2. The molecule has 1 aromatic rings. The lowest BCUT2D eigenvalue weighted by Crippen LogP contribution is -2.54. The van der Waals surface area contributed by atoms with Crippen molar-refractivity contribution < 1.29 is 100 Å². The highest BCUT2D eigenvalue weighted by atomic mass is 127. The summed E-state index contributed by atoms with van der Waals surface area (Å²) in [5, 5.41) is 33.9. The molecule has 11 N–H and O–H groups in total. The lowest BCUT2D eigenvalue weighted by Gasteiger charge is -2.39. The van der Waals surface area contributed by atoms with Crippen LogP contribution in [0, 0.1) is 11.8 Å². The summed E-state index contributed by atoms with van der Waals surface area (Å²) >= 11 is 2.00. The van der Waals surface area contributed by atoms with Crippen molar-refractivity contribution in [3.8, 4) is 0 Å². The molecule has 0 unspecified atom stereocenters. The smallest absolute Gasteiger partial charge is 0.407 e. The zero-order valence-electron chi connectivity index (χ0n) is 59.6. The van der Waals surface area contributed by atoms with Gasteiger partial charge in [0.15, 0.2) is 0 Å². The predicted octanol–water partition coefficient (Wildman–Crippen LogP) is 3.77. The van der Waals surface area contributed by atoms with Crippen LogP contribution in [-0.2, 0) is 92.3 Å². The van der Waals surface area contributed by atoms with Gasteiger partial charge in [-0.25, -0.2) is 9.59 Å². The zero-order valence-corrected chi connectivity index (χ0v) is 61.7. The van der Waals surface area contributed by atoms with Crippen molar-refractivity contribution in [1.82, 2.24) is 37.2 Å². The molecule has 4 aliphatic rings. The third-order valence-corrected chi connectivity index (χ3v) is 17.9. The van der Waals surface area contributed by atoms with E-state index in [0.717, 1.165) is 12.0 Å². The molecule has 11 atom stereocenters. The van der Waals surface area contributed by atoms with Crippen LogP contribution in [0.2, 0.25) is 0 Å². The second kappa shape index (κ2) is 47.1. The van der Waals surface area contributed by atoms with Crippen molar-refractivity contribution in [2.24, 2.45) is 17.6 Å². The number of hydrogen-bond acceptors (Lipinski definition) is 21. The Bertz CT molecular complexity index is 2820. The lowest BCUT2D eigenvalue weighted by atomic mass is 9.87. The molecule has 3 heterocycles. The van der Waals surface area contributed by atoms with Crippen LogP contribution in [-0.4, -0.2) is 234 Å². The number of nitrogens with one attached hydrogen (secondary N) is 8. The van der Waals surface area contributed by atoms with Gasteiger partial charge in [-0.15, -0.1) is 0 Å². The first-order valence-electron chi connectivity index (χ1n) is 35.1. The normalized spacial score (nSPS) is 23.7. The average molecular weight is 1540 g/mol. The third kappa shape index (κ3) is 34.6. The quantitative estimate of drug-likeness (QED) is 0.00844. The number of epoxide rings is 1. The van der Waals surface area contributed by atoms with Gasteiger partial charge in [-0.2, -0.15) is 0 Å². The molecule has 9 amide bonds. The number of aliphatic hydroxyl groups excluding tert-OH is 1. The molecule has 5 rings (SSSR count). The van der Waals surface area contributed by atoms with Crippen LogP contribution in [0.1, 0.15) is 125 Å². The molecule has 3 aliphatic heterocycles. The average Bonchev–Trinajstić information content (AvgIpc) is 1.61. The summed E-state index contributed by atoms with van der Waals surface area (Å²) in [6.07, 6.45) is 9.90. The fourth-order valence-electron chi connectivity index (χ4n) is 11.5. The molecule has 4 fully saturated rings. The number of esters is 1. The summed E-state index contributed by atoms with van der Waals surface area (Å²) in [5.41, 5.74) is 6.46. The zero-order chi connectivity index (χ0) is 73.5. The van der Waals surface area contributed by atoms with Crippen LogP contribution in [0.15, 0.2) is 60.2 Å². The predicted molar refractivity (Wildman–Crippen MR) is 380 cm³/mol. The van der Waals surface area contributed by atoms with E-state index < -0.39 is 77.9 Å². The largest absolute Gasteiger partial charge is 0.459 e. The van der Waals surface area contributed by atoms with Gasteiger partial charge in [-0.05, 0) is 108 Å². The summed E-state index contributed by atoms with van der Waals surface area (Å²) in [7, 11) is 0. The number of urea groups is 1. The highest BCUT2D eigenvalue weighted by molar-refractivity contribution is 14.1. The molecule has 568 valence electrons. The molecule has 30 nitrogen and oxygen atoms in total. The Balaban J connectivity index is 0.941. The Hall–Kier alpha value is -6.40. The number of amides is 9. The number of alkyl carbamates (subject to hydrolysis) is 1. The highest BCUT2D eigenvalue weighted by Gasteiger charge is 2.58. The standard InChI is InChI=1S/C70H110IN9O21/c1-45(2)64(80-61(83)24-27-91-29-31-93-33-35-95-37-38-96-36-34-94-32-30-92-28-26-73-63(85)42-71)67(88)79-56(9-8-25-74-68(72)89)66(87)76-53-15-13-51(14-16-53)43-97-69(90)77-54-19-17-52(18-20-54)75-62(84)40-55-41-70(44-98-70)65(86)59(101-55)22-11-46(3)10-21-58-47(4)39-57(49(6)100-58)78-60(82)23-12-48(5)99-50(7)81/h10-16,22-23,45,47-49,52,54-59,64-65,86H,8-9,17-21,24-44H2,1-7H3,(H,73,85)(H,75,84)(H,76,87)(H,77,90)(H,78,82)(H,79,88)(H,80,83)(H3,72,74,89)/b22-11+,23-12-,46-10+/t47-,48-,49+,52-,54-,55+,56-,57+,58-,59+,64-,65+,70+/m0/s1. The number of carbonyl (C=O) groups excluding carboxylic acids is 9. The fourth-order valence-corrected chi connectivity index (χ4v) is 11.8. The highest BCUT2D eigenvalue weighted by Crippen LogP contribution is 2.43. The van der Waals surface area contributed by atoms with Crippen molar-refractivity contribution in [1.29, 1.82) is 0 Å². The van der Waals surface area contributed by atoms with Gasteiger partial charge in [-0.3, -0.25) is 33.6 Å². The number of benzene rings is 1. The first kappa shape index (κ1) is 85.2. The van der Waals surface area contributed by atoms with Gasteiger partial charge in [0.25, 0.3) is 0 Å². The van der Waals surface area contributed by atoms with Crippen molar-refractivity contribution in [2.75, 3.05) is 109 Å².